The van der Waals surface area contributed by atoms with Crippen molar-refractivity contribution in [3.8, 4) is 0 Å². The lowest BCUT2D eigenvalue weighted by atomic mass is 10.0. The number of aliphatic carboxylic acids is 1. The molecule has 21 heavy (non-hydrogen) atoms. The minimum absolute atomic E-state index is 0.156. The van der Waals surface area contributed by atoms with Crippen LogP contribution < -0.4 is 5.32 Å². The number of methoxy groups -OCH3 is 1. The zero-order valence-corrected chi connectivity index (χ0v) is 12.3. The van der Waals surface area contributed by atoms with Crippen LogP contribution in [-0.2, 0) is 19.1 Å². The molecule has 0 aromatic heterocycles. The highest BCUT2D eigenvalue weighted by molar-refractivity contribution is 5.84. The van der Waals surface area contributed by atoms with Gasteiger partial charge in [0.2, 0.25) is 0 Å². The van der Waals surface area contributed by atoms with Crippen molar-refractivity contribution in [2.75, 3.05) is 26.8 Å². The largest absolute Gasteiger partial charge is 0.479 e. The molecule has 0 aromatic carbocycles. The molecule has 0 spiro atoms. The first-order valence-electron chi connectivity index (χ1n) is 6.98. The van der Waals surface area contributed by atoms with Crippen LogP contribution in [0, 0.1) is 0 Å². The number of carboxylic acids is 1. The summed E-state index contributed by atoms with van der Waals surface area (Å²) in [5, 5.41) is 11.3. The summed E-state index contributed by atoms with van der Waals surface area (Å²) in [5.74, 6) is -1.58. The van der Waals surface area contributed by atoms with Crippen molar-refractivity contribution in [3.63, 3.8) is 0 Å². The fraction of sp³-hybridized carbons (Fsp3) is 0.769. The summed E-state index contributed by atoms with van der Waals surface area (Å²) >= 11 is 0. The number of rotatable bonds is 6. The number of esters is 1. The van der Waals surface area contributed by atoms with Crippen LogP contribution in [0.25, 0.3) is 0 Å². The third kappa shape index (κ3) is 4.89. The van der Waals surface area contributed by atoms with Gasteiger partial charge in [-0.1, -0.05) is 0 Å². The first-order valence-corrected chi connectivity index (χ1v) is 6.98. The summed E-state index contributed by atoms with van der Waals surface area (Å²) in [4.78, 5) is 36.2. The van der Waals surface area contributed by atoms with E-state index in [1.54, 1.807) is 6.92 Å². The first-order chi connectivity index (χ1) is 10.0. The smallest absolute Gasteiger partial charge is 0.334 e. The average Bonchev–Trinajstić information content (AvgIpc) is 2.47. The molecular weight excluding hydrogens is 280 g/mol. The van der Waals surface area contributed by atoms with Crippen LogP contribution in [0.3, 0.4) is 0 Å². The molecule has 0 radical (unpaired) electrons. The Bertz CT molecular complexity index is 387. The molecule has 8 heteroatoms. The molecule has 120 valence electrons. The van der Waals surface area contributed by atoms with Crippen LogP contribution in [0.5, 0.6) is 0 Å². The number of carbonyl (C=O) groups excluding carboxylic acids is 2. The van der Waals surface area contributed by atoms with E-state index < -0.39 is 30.1 Å². The molecule has 1 rings (SSSR count). The molecule has 1 aliphatic rings. The second-order valence-electron chi connectivity index (χ2n) is 4.71. The lowest BCUT2D eigenvalue weighted by molar-refractivity contribution is -0.150. The van der Waals surface area contributed by atoms with Crippen LogP contribution in [0.15, 0.2) is 0 Å². The van der Waals surface area contributed by atoms with Gasteiger partial charge in [0.05, 0.1) is 13.2 Å². The second-order valence-corrected chi connectivity index (χ2v) is 4.71. The lowest BCUT2D eigenvalue weighted by Crippen LogP contribution is -2.53. The van der Waals surface area contributed by atoms with E-state index in [9.17, 15) is 14.4 Å². The number of nitrogens with zero attached hydrogens (tertiary/aromatic N) is 1. The molecule has 1 saturated heterocycles. The van der Waals surface area contributed by atoms with Crippen LogP contribution >= 0.6 is 0 Å². The highest BCUT2D eigenvalue weighted by Gasteiger charge is 2.33. The molecule has 0 saturated carbocycles. The summed E-state index contributed by atoms with van der Waals surface area (Å²) in [6.45, 7) is 2.26. The van der Waals surface area contributed by atoms with Crippen molar-refractivity contribution in [1.82, 2.24) is 10.2 Å². The predicted octanol–water partition coefficient (Wildman–Crippen LogP) is 0.213. The average molecular weight is 302 g/mol. The Kier molecular flexibility index (Phi) is 6.93. The normalized spacial score (nSPS) is 19.7. The number of carboxylic acid groups (broad SMARTS) is 1. The molecule has 1 aliphatic heterocycles. The van der Waals surface area contributed by atoms with Gasteiger partial charge in [-0.2, -0.15) is 0 Å². The second kappa shape index (κ2) is 8.46. The van der Waals surface area contributed by atoms with E-state index in [0.29, 0.717) is 13.0 Å². The van der Waals surface area contributed by atoms with Crippen LogP contribution in [-0.4, -0.2) is 66.9 Å². The zero-order chi connectivity index (χ0) is 15.8. The minimum atomic E-state index is -1.15. The van der Waals surface area contributed by atoms with Gasteiger partial charge in [-0.25, -0.2) is 14.4 Å². The quantitative estimate of drug-likeness (QED) is 0.680. The van der Waals surface area contributed by atoms with Gasteiger partial charge in [0.1, 0.15) is 6.04 Å². The highest BCUT2D eigenvalue weighted by atomic mass is 16.5. The van der Waals surface area contributed by atoms with Crippen molar-refractivity contribution < 1.29 is 29.0 Å². The molecular formula is C13H22N2O6. The Morgan fingerprint density at radius 2 is 2.10 bits per heavy atom. The summed E-state index contributed by atoms with van der Waals surface area (Å²) < 4.78 is 9.71. The van der Waals surface area contributed by atoms with Crippen molar-refractivity contribution in [1.29, 1.82) is 0 Å². The Labute approximate surface area is 123 Å². The Hall–Kier alpha value is -1.83. The number of nitrogens with one attached hydrogen (secondary N) is 1. The van der Waals surface area contributed by atoms with Gasteiger partial charge in [0.15, 0.2) is 6.10 Å². The molecule has 2 N–H and O–H groups in total. The van der Waals surface area contributed by atoms with E-state index in [1.165, 1.54) is 12.0 Å². The number of likely N-dealkylation sites (tertiary alicyclic amines) is 1. The van der Waals surface area contributed by atoms with Crippen molar-refractivity contribution in [3.05, 3.63) is 0 Å². The van der Waals surface area contributed by atoms with Gasteiger partial charge in [-0.15, -0.1) is 0 Å². The van der Waals surface area contributed by atoms with Crippen LogP contribution in [0.4, 0.5) is 4.79 Å². The number of piperidine rings is 1. The number of urea groups is 1. The van der Waals surface area contributed by atoms with Gasteiger partial charge in [0.25, 0.3) is 0 Å². The third-order valence-corrected chi connectivity index (χ3v) is 3.32. The van der Waals surface area contributed by atoms with Gasteiger partial charge < -0.3 is 24.8 Å². The minimum Gasteiger partial charge on any atom is -0.479 e. The highest BCUT2D eigenvalue weighted by Crippen LogP contribution is 2.18. The molecule has 2 atom stereocenters. The fourth-order valence-electron chi connectivity index (χ4n) is 2.21. The van der Waals surface area contributed by atoms with E-state index in [-0.39, 0.29) is 13.2 Å². The Balaban J connectivity index is 2.60. The summed E-state index contributed by atoms with van der Waals surface area (Å²) in [6.07, 6.45) is 1.09. The molecule has 0 aromatic rings. The number of hydrogen-bond acceptors (Lipinski definition) is 5. The van der Waals surface area contributed by atoms with Crippen molar-refractivity contribution in [2.45, 2.75) is 38.3 Å². The van der Waals surface area contributed by atoms with Crippen LogP contribution in [0.2, 0.25) is 0 Å². The van der Waals surface area contributed by atoms with E-state index >= 15 is 0 Å². The van der Waals surface area contributed by atoms with Crippen molar-refractivity contribution >= 4 is 18.0 Å². The summed E-state index contributed by atoms with van der Waals surface area (Å²) in [5.41, 5.74) is 0. The summed E-state index contributed by atoms with van der Waals surface area (Å²) in [7, 11) is 1.26. The standard InChI is InChI=1S/C13H22N2O6/c1-3-21-12(18)9-6-4-5-7-15(9)13(19)14-8-10(20-2)11(16)17/h9-10H,3-8H2,1-2H3,(H,14,19)(H,16,17). The van der Waals surface area contributed by atoms with Gasteiger partial charge >= 0.3 is 18.0 Å². The van der Waals surface area contributed by atoms with Crippen LogP contribution in [0.1, 0.15) is 26.2 Å². The molecule has 1 heterocycles. The summed E-state index contributed by atoms with van der Waals surface area (Å²) in [6, 6.07) is -1.08. The number of hydrogen-bond donors (Lipinski definition) is 2. The maximum absolute atomic E-state index is 12.1. The molecule has 0 aliphatic carbocycles. The Morgan fingerprint density at radius 1 is 1.38 bits per heavy atom. The zero-order valence-electron chi connectivity index (χ0n) is 12.3. The number of ether oxygens (including phenoxy) is 2. The van der Waals surface area contributed by atoms with E-state index in [1.807, 2.05) is 0 Å². The molecule has 0 bridgehead atoms. The number of carbonyl (C=O) groups is 3. The molecule has 8 nitrogen and oxygen atoms in total. The molecule has 2 unspecified atom stereocenters. The van der Waals surface area contributed by atoms with E-state index in [2.05, 4.69) is 5.32 Å². The first kappa shape index (κ1) is 17.2. The molecule has 2 amide bonds. The van der Waals surface area contributed by atoms with Crippen molar-refractivity contribution in [2.24, 2.45) is 0 Å². The van der Waals surface area contributed by atoms with Gasteiger partial charge in [-0.3, -0.25) is 0 Å². The number of amides is 2. The maximum atomic E-state index is 12.1. The van der Waals surface area contributed by atoms with E-state index in [0.717, 1.165) is 12.8 Å². The lowest BCUT2D eigenvalue weighted by Gasteiger charge is -2.34. The third-order valence-electron chi connectivity index (χ3n) is 3.32. The van der Waals surface area contributed by atoms with E-state index in [4.69, 9.17) is 14.6 Å². The monoisotopic (exact) mass is 302 g/mol. The predicted molar refractivity (Wildman–Crippen MR) is 72.8 cm³/mol. The molecule has 1 fully saturated rings. The van der Waals surface area contributed by atoms with Gasteiger partial charge in [-0.05, 0) is 26.2 Å². The fourth-order valence-corrected chi connectivity index (χ4v) is 2.21. The Morgan fingerprint density at radius 3 is 2.67 bits per heavy atom. The van der Waals surface area contributed by atoms with Gasteiger partial charge in [0, 0.05) is 13.7 Å². The maximum Gasteiger partial charge on any atom is 0.334 e. The topological polar surface area (TPSA) is 105 Å². The SMILES string of the molecule is CCOC(=O)C1CCCCN1C(=O)NCC(OC)C(=O)O.